The molecule has 0 amide bonds. The highest BCUT2D eigenvalue weighted by molar-refractivity contribution is 7.47. The van der Waals surface area contributed by atoms with E-state index in [1.54, 1.807) is 0 Å². The highest BCUT2D eigenvalue weighted by atomic mass is 31.2. The van der Waals surface area contributed by atoms with Gasteiger partial charge in [0.1, 0.15) is 19.3 Å². The van der Waals surface area contributed by atoms with E-state index in [9.17, 15) is 43.2 Å². The minimum atomic E-state index is -4.96. The van der Waals surface area contributed by atoms with Crippen LogP contribution in [0.1, 0.15) is 415 Å². The molecule has 0 saturated heterocycles. The zero-order valence-electron chi connectivity index (χ0n) is 65.8. The van der Waals surface area contributed by atoms with Crippen LogP contribution in [0.4, 0.5) is 0 Å². The molecule has 0 bridgehead atoms. The lowest BCUT2D eigenvalue weighted by molar-refractivity contribution is -0.161. The van der Waals surface area contributed by atoms with Gasteiger partial charge in [0.05, 0.1) is 26.4 Å². The van der Waals surface area contributed by atoms with Crippen LogP contribution in [0, 0.1) is 23.7 Å². The van der Waals surface area contributed by atoms with Crippen LogP contribution in [0.15, 0.2) is 0 Å². The predicted molar refractivity (Wildman–Crippen MR) is 409 cm³/mol. The topological polar surface area (TPSA) is 237 Å². The molecule has 0 aliphatic heterocycles. The van der Waals surface area contributed by atoms with Gasteiger partial charge in [-0.1, -0.05) is 364 Å². The number of phosphoric ester groups is 2. The maximum absolute atomic E-state index is 13.1. The Balaban J connectivity index is 5.13. The fourth-order valence-corrected chi connectivity index (χ4v) is 14.0. The second-order valence-electron chi connectivity index (χ2n) is 30.8. The molecule has 19 heteroatoms. The predicted octanol–water partition coefficient (Wildman–Crippen LogP) is 24.0. The average molecular weight is 1470 g/mol. The molecular weight excluding hydrogens is 1310 g/mol. The summed E-state index contributed by atoms with van der Waals surface area (Å²) in [4.78, 5) is 72.9. The summed E-state index contributed by atoms with van der Waals surface area (Å²) in [7, 11) is -9.92. The van der Waals surface area contributed by atoms with Gasteiger partial charge in [0.25, 0.3) is 0 Å². The standard InChI is InChI=1S/C81H158O17P2/c1-9-74(8)60-52-44-35-29-25-21-17-12-10-11-13-18-22-26-30-36-47-56-64-81(86)98-77(68-92-79(84)62-54-46-40-39-43-51-59-73(6)7)70-96-100(89,90)94-66-75(82)65-93-99(87,88)95-69-76(67-91-78(83)61-53-45-38-32-34-42-50-58-72(4)5)97-80(85)63-55-48-37-31-27-23-19-15-14-16-20-24-28-33-41-49-57-71(2)3/h71-77,82H,9-70H2,1-8H3,(H,87,88)(H,89,90)/t74?,75-,76-,77-/m1/s1. The first-order chi connectivity index (χ1) is 48.1. The van der Waals surface area contributed by atoms with Crippen LogP contribution in [-0.4, -0.2) is 96.7 Å². The quantitative estimate of drug-likeness (QED) is 0.0222. The first kappa shape index (κ1) is 98.1. The van der Waals surface area contributed by atoms with Crippen LogP contribution in [0.25, 0.3) is 0 Å². The molecule has 0 radical (unpaired) electrons. The molecule has 594 valence electrons. The van der Waals surface area contributed by atoms with E-state index in [1.165, 1.54) is 205 Å². The van der Waals surface area contributed by atoms with E-state index in [0.717, 1.165) is 115 Å². The van der Waals surface area contributed by atoms with Gasteiger partial charge < -0.3 is 33.8 Å². The minimum absolute atomic E-state index is 0.107. The molecule has 0 aliphatic rings. The summed E-state index contributed by atoms with van der Waals surface area (Å²) in [6, 6.07) is 0. The molecule has 0 spiro atoms. The second kappa shape index (κ2) is 70.1. The van der Waals surface area contributed by atoms with Crippen molar-refractivity contribution in [2.45, 2.75) is 433 Å². The average Bonchev–Trinajstić information content (AvgIpc) is 0.962. The third-order valence-corrected chi connectivity index (χ3v) is 21.1. The molecule has 0 saturated carbocycles. The molecule has 0 heterocycles. The Morgan fingerprint density at radius 2 is 0.480 bits per heavy atom. The van der Waals surface area contributed by atoms with Crippen LogP contribution in [0.3, 0.4) is 0 Å². The number of esters is 4. The molecule has 0 aliphatic carbocycles. The van der Waals surface area contributed by atoms with Crippen LogP contribution < -0.4 is 0 Å². The Kier molecular flexibility index (Phi) is 68.7. The Labute approximate surface area is 613 Å². The molecular formula is C81H158O17P2. The smallest absolute Gasteiger partial charge is 0.462 e. The summed E-state index contributed by atoms with van der Waals surface area (Å²) in [6.07, 6.45) is 57.3. The minimum Gasteiger partial charge on any atom is -0.462 e. The van der Waals surface area contributed by atoms with Crippen LogP contribution >= 0.6 is 15.6 Å². The number of aliphatic hydroxyl groups is 1. The molecule has 6 atom stereocenters. The first-order valence-electron chi connectivity index (χ1n) is 41.7. The molecule has 3 unspecified atom stereocenters. The molecule has 100 heavy (non-hydrogen) atoms. The summed E-state index contributed by atoms with van der Waals surface area (Å²) < 4.78 is 68.6. The SMILES string of the molecule is CCC(C)CCCCCCCCCCCCCCCCCCCCC(=O)O[C@H](COC(=O)CCCCCCCCC(C)C)COP(=O)(O)OC[C@H](O)COP(=O)(O)OC[C@@H](COC(=O)CCCCCCCCCC(C)C)OC(=O)CCCCCCCCCCCCCCCCCCC(C)C. The van der Waals surface area contributed by atoms with Gasteiger partial charge >= 0.3 is 39.5 Å². The second-order valence-corrected chi connectivity index (χ2v) is 33.7. The number of ether oxygens (including phenoxy) is 4. The van der Waals surface area contributed by atoms with Gasteiger partial charge in [0, 0.05) is 25.7 Å². The Hall–Kier alpha value is -1.94. The van der Waals surface area contributed by atoms with Crippen LogP contribution in [0.5, 0.6) is 0 Å². The Morgan fingerprint density at radius 1 is 0.280 bits per heavy atom. The van der Waals surface area contributed by atoms with Gasteiger partial charge in [0.15, 0.2) is 12.2 Å². The van der Waals surface area contributed by atoms with Crippen molar-refractivity contribution in [3.05, 3.63) is 0 Å². The third-order valence-electron chi connectivity index (χ3n) is 19.2. The van der Waals surface area contributed by atoms with Crippen LogP contribution in [-0.2, 0) is 65.4 Å². The third kappa shape index (κ3) is 73.0. The number of hydrogen-bond donors (Lipinski definition) is 3. The van der Waals surface area contributed by atoms with E-state index in [0.29, 0.717) is 37.5 Å². The normalized spacial score (nSPS) is 14.3. The molecule has 3 N–H and O–H groups in total. The number of unbranched alkanes of at least 4 members (excludes halogenated alkanes) is 43. The van der Waals surface area contributed by atoms with E-state index in [-0.39, 0.29) is 25.7 Å². The van der Waals surface area contributed by atoms with E-state index in [2.05, 4.69) is 55.4 Å². The Bertz CT molecular complexity index is 1960. The van der Waals surface area contributed by atoms with Gasteiger partial charge in [-0.2, -0.15) is 0 Å². The van der Waals surface area contributed by atoms with Crippen molar-refractivity contribution >= 4 is 39.5 Å². The van der Waals surface area contributed by atoms with Crippen molar-refractivity contribution in [3.63, 3.8) is 0 Å². The fraction of sp³-hybridized carbons (Fsp3) is 0.951. The molecule has 0 aromatic heterocycles. The van der Waals surface area contributed by atoms with E-state index >= 15 is 0 Å². The van der Waals surface area contributed by atoms with Gasteiger partial charge in [-0.05, 0) is 49.4 Å². The monoisotopic (exact) mass is 1470 g/mol. The van der Waals surface area contributed by atoms with Gasteiger partial charge in [0.2, 0.25) is 0 Å². The molecule has 0 aromatic rings. The highest BCUT2D eigenvalue weighted by Gasteiger charge is 2.30. The number of rotatable bonds is 78. The summed E-state index contributed by atoms with van der Waals surface area (Å²) in [6.45, 7) is 14.2. The molecule has 0 fully saturated rings. The molecule has 0 rings (SSSR count). The lowest BCUT2D eigenvalue weighted by Crippen LogP contribution is -2.30. The van der Waals surface area contributed by atoms with Gasteiger partial charge in [-0.15, -0.1) is 0 Å². The number of carbonyl (C=O) groups excluding carboxylic acids is 4. The maximum Gasteiger partial charge on any atom is 0.472 e. The summed E-state index contributed by atoms with van der Waals surface area (Å²) in [5, 5.41) is 10.6. The van der Waals surface area contributed by atoms with Crippen molar-refractivity contribution in [2.24, 2.45) is 23.7 Å². The van der Waals surface area contributed by atoms with Crippen molar-refractivity contribution in [1.82, 2.24) is 0 Å². The van der Waals surface area contributed by atoms with Crippen molar-refractivity contribution in [2.75, 3.05) is 39.6 Å². The first-order valence-corrected chi connectivity index (χ1v) is 44.7. The largest absolute Gasteiger partial charge is 0.472 e. The number of hydrogen-bond acceptors (Lipinski definition) is 15. The molecule has 0 aromatic carbocycles. The maximum atomic E-state index is 13.1. The van der Waals surface area contributed by atoms with Gasteiger partial charge in [-0.25, -0.2) is 9.13 Å². The molecule has 17 nitrogen and oxygen atoms in total. The Morgan fingerprint density at radius 3 is 0.710 bits per heavy atom. The number of carbonyl (C=O) groups is 4. The van der Waals surface area contributed by atoms with E-state index in [1.807, 2.05) is 0 Å². The summed E-state index contributed by atoms with van der Waals surface area (Å²) in [5.41, 5.74) is 0. The van der Waals surface area contributed by atoms with Crippen molar-refractivity contribution < 1.29 is 80.2 Å². The van der Waals surface area contributed by atoms with Crippen molar-refractivity contribution in [1.29, 1.82) is 0 Å². The van der Waals surface area contributed by atoms with Crippen LogP contribution in [0.2, 0.25) is 0 Å². The lowest BCUT2D eigenvalue weighted by atomic mass is 9.99. The number of phosphoric acid groups is 2. The van der Waals surface area contributed by atoms with Crippen molar-refractivity contribution in [3.8, 4) is 0 Å². The fourth-order valence-electron chi connectivity index (χ4n) is 12.4. The summed E-state index contributed by atoms with van der Waals surface area (Å²) >= 11 is 0. The highest BCUT2D eigenvalue weighted by Crippen LogP contribution is 2.45. The van der Waals surface area contributed by atoms with E-state index < -0.39 is 97.5 Å². The zero-order valence-corrected chi connectivity index (χ0v) is 67.6. The van der Waals surface area contributed by atoms with E-state index in [4.69, 9.17) is 37.0 Å². The lowest BCUT2D eigenvalue weighted by Gasteiger charge is -2.21. The summed E-state index contributed by atoms with van der Waals surface area (Å²) in [5.74, 6) is 0.946. The number of aliphatic hydroxyl groups excluding tert-OH is 1. The zero-order chi connectivity index (χ0) is 73.8. The van der Waals surface area contributed by atoms with Gasteiger partial charge in [-0.3, -0.25) is 37.3 Å².